The highest BCUT2D eigenvalue weighted by Crippen LogP contribution is 2.57. The summed E-state index contributed by atoms with van der Waals surface area (Å²) in [4.78, 5) is 0. The van der Waals surface area contributed by atoms with Crippen LogP contribution in [0.4, 0.5) is 43.9 Å². The van der Waals surface area contributed by atoms with E-state index < -0.39 is 35.5 Å². The van der Waals surface area contributed by atoms with Gasteiger partial charge in [-0.1, -0.05) is 12.6 Å². The SMILES string of the molecule is NCC(F)(F)C(F)(F)C(F)(F)C(F)(F)C(F)(F)S. The summed E-state index contributed by atoms with van der Waals surface area (Å²) in [5.74, 6) is -26.5. The molecule has 0 heterocycles. The first-order valence-corrected chi connectivity index (χ1v) is 4.32. The van der Waals surface area contributed by atoms with Gasteiger partial charge >= 0.3 is 28.9 Å². The van der Waals surface area contributed by atoms with Gasteiger partial charge in [0.1, 0.15) is 0 Å². The van der Waals surface area contributed by atoms with E-state index in [0.29, 0.717) is 0 Å². The van der Waals surface area contributed by atoms with Crippen molar-refractivity contribution in [3.05, 3.63) is 0 Å². The maximum Gasteiger partial charge on any atom is 0.387 e. The average Bonchev–Trinajstić information content (AvgIpc) is 2.15. The Bertz CT molecular complexity index is 308. The zero-order chi connectivity index (χ0) is 15.2. The van der Waals surface area contributed by atoms with Gasteiger partial charge in [0.2, 0.25) is 0 Å². The first-order valence-electron chi connectivity index (χ1n) is 3.88. The molecule has 0 atom stereocenters. The summed E-state index contributed by atoms with van der Waals surface area (Å²) in [6, 6.07) is 0. The Balaban J connectivity index is 5.80. The van der Waals surface area contributed by atoms with Crippen molar-refractivity contribution < 1.29 is 43.9 Å². The van der Waals surface area contributed by atoms with Crippen LogP contribution in [0.3, 0.4) is 0 Å². The Hall–Kier alpha value is -0.390. The predicted octanol–water partition coefficient (Wildman–Crippen LogP) is 3.01. The summed E-state index contributed by atoms with van der Waals surface area (Å²) in [6.07, 6.45) is 0. The second-order valence-corrected chi connectivity index (χ2v) is 3.73. The lowest BCUT2D eigenvalue weighted by atomic mass is 9.98. The number of hydrogen-bond donors (Lipinski definition) is 2. The third-order valence-electron chi connectivity index (χ3n) is 1.88. The van der Waals surface area contributed by atoms with E-state index in [9.17, 15) is 43.9 Å². The molecule has 0 spiro atoms. The number of rotatable bonds is 5. The quantitative estimate of drug-likeness (QED) is 0.592. The first-order chi connectivity index (χ1) is 7.56. The molecular weight excluding hydrogens is 308 g/mol. The number of hydrogen-bond acceptors (Lipinski definition) is 2. The predicted molar refractivity (Wildman–Crippen MR) is 42.8 cm³/mol. The van der Waals surface area contributed by atoms with Gasteiger partial charge in [0.15, 0.2) is 0 Å². The Kier molecular flexibility index (Phi) is 4.23. The molecule has 0 saturated heterocycles. The fraction of sp³-hybridized carbons (Fsp3) is 1.00. The van der Waals surface area contributed by atoms with E-state index in [1.165, 1.54) is 0 Å². The lowest BCUT2D eigenvalue weighted by Crippen LogP contribution is -2.67. The zero-order valence-corrected chi connectivity index (χ0v) is 8.91. The molecule has 0 fully saturated rings. The molecule has 0 aromatic heterocycles. The lowest BCUT2D eigenvalue weighted by molar-refractivity contribution is -0.386. The zero-order valence-electron chi connectivity index (χ0n) is 8.01. The Morgan fingerprint density at radius 2 is 1.00 bits per heavy atom. The minimum atomic E-state index is -7.06. The molecule has 2 N–H and O–H groups in total. The maximum atomic E-state index is 12.6. The van der Waals surface area contributed by atoms with Gasteiger partial charge in [0.05, 0.1) is 6.54 Å². The highest BCUT2D eigenvalue weighted by Gasteiger charge is 2.85. The summed E-state index contributed by atoms with van der Waals surface area (Å²) in [7, 11) is 0. The van der Waals surface area contributed by atoms with Crippen LogP contribution in [0.2, 0.25) is 0 Å². The van der Waals surface area contributed by atoms with Crippen LogP contribution in [0.5, 0.6) is 0 Å². The largest absolute Gasteiger partial charge is 0.387 e. The van der Waals surface area contributed by atoms with Crippen LogP contribution in [-0.2, 0) is 0 Å². The monoisotopic (exact) mass is 313 g/mol. The number of thiol groups is 1. The van der Waals surface area contributed by atoms with Gasteiger partial charge in [-0.15, -0.1) is 0 Å². The lowest BCUT2D eigenvalue weighted by Gasteiger charge is -2.37. The van der Waals surface area contributed by atoms with Crippen molar-refractivity contribution in [1.29, 1.82) is 0 Å². The molecule has 1 nitrogen and oxygen atoms in total. The van der Waals surface area contributed by atoms with Crippen LogP contribution < -0.4 is 5.73 Å². The molecule has 0 saturated carbocycles. The molecule has 0 aromatic carbocycles. The van der Waals surface area contributed by atoms with Crippen LogP contribution in [0, 0.1) is 0 Å². The van der Waals surface area contributed by atoms with E-state index >= 15 is 0 Å². The van der Waals surface area contributed by atoms with Gasteiger partial charge in [0.25, 0.3) is 0 Å². The summed E-state index contributed by atoms with van der Waals surface area (Å²) < 4.78 is 124. The van der Waals surface area contributed by atoms with Crippen molar-refractivity contribution in [3.63, 3.8) is 0 Å². The summed E-state index contributed by atoms with van der Waals surface area (Å²) in [5, 5.41) is -5.94. The van der Waals surface area contributed by atoms with E-state index in [1.54, 1.807) is 12.6 Å². The van der Waals surface area contributed by atoms with Gasteiger partial charge in [-0.3, -0.25) is 0 Å². The smallest absolute Gasteiger partial charge is 0.325 e. The fourth-order valence-corrected chi connectivity index (χ4v) is 0.884. The Morgan fingerprint density at radius 1 is 0.667 bits per heavy atom. The average molecular weight is 313 g/mol. The minimum absolute atomic E-state index is 1.71. The topological polar surface area (TPSA) is 26.0 Å². The molecule has 12 heteroatoms. The Morgan fingerprint density at radius 3 is 1.22 bits per heavy atom. The van der Waals surface area contributed by atoms with Crippen molar-refractivity contribution >= 4 is 12.6 Å². The van der Waals surface area contributed by atoms with E-state index in [1.807, 2.05) is 0 Å². The summed E-state index contributed by atoms with van der Waals surface area (Å²) in [5.41, 5.74) is 4.03. The third kappa shape index (κ3) is 2.24. The van der Waals surface area contributed by atoms with Crippen molar-refractivity contribution in [3.8, 4) is 0 Å². The molecule has 0 rings (SSSR count). The summed E-state index contributed by atoms with van der Waals surface area (Å²) >= 11 is 1.71. The van der Waals surface area contributed by atoms with Gasteiger partial charge in [-0.25, -0.2) is 0 Å². The normalized spacial score (nSPS) is 16.0. The van der Waals surface area contributed by atoms with Crippen molar-refractivity contribution in [2.75, 3.05) is 6.54 Å². The van der Waals surface area contributed by atoms with Gasteiger partial charge in [-0.2, -0.15) is 43.9 Å². The molecule has 0 radical (unpaired) electrons. The highest BCUT2D eigenvalue weighted by atomic mass is 32.1. The van der Waals surface area contributed by atoms with Gasteiger partial charge in [0, 0.05) is 0 Å². The molecule has 0 aliphatic carbocycles. The van der Waals surface area contributed by atoms with E-state index in [2.05, 4.69) is 5.73 Å². The molecule has 0 bridgehead atoms. The molecule has 18 heavy (non-hydrogen) atoms. The van der Waals surface area contributed by atoms with Gasteiger partial charge in [-0.05, 0) is 0 Å². The van der Waals surface area contributed by atoms with Crippen LogP contribution in [0.1, 0.15) is 0 Å². The fourth-order valence-electron chi connectivity index (χ4n) is 0.744. The number of alkyl halides is 10. The number of nitrogens with two attached hydrogens (primary N) is 1. The highest BCUT2D eigenvalue weighted by molar-refractivity contribution is 7.81. The molecular formula is C6H5F10NS. The molecule has 0 aliphatic rings. The van der Waals surface area contributed by atoms with Gasteiger partial charge < -0.3 is 5.73 Å². The third-order valence-corrected chi connectivity index (χ3v) is 2.16. The van der Waals surface area contributed by atoms with E-state index in [-0.39, 0.29) is 0 Å². The minimum Gasteiger partial charge on any atom is -0.325 e. The maximum absolute atomic E-state index is 12.6. The van der Waals surface area contributed by atoms with Crippen LogP contribution >= 0.6 is 12.6 Å². The molecule has 0 aromatic rings. The number of halogens is 10. The second kappa shape index (κ2) is 4.32. The van der Waals surface area contributed by atoms with Crippen molar-refractivity contribution in [1.82, 2.24) is 0 Å². The second-order valence-electron chi connectivity index (χ2n) is 3.17. The van der Waals surface area contributed by atoms with E-state index in [4.69, 9.17) is 0 Å². The molecule has 0 unspecified atom stereocenters. The molecule has 0 amide bonds. The molecule has 0 aliphatic heterocycles. The van der Waals surface area contributed by atoms with Crippen molar-refractivity contribution in [2.24, 2.45) is 5.73 Å². The van der Waals surface area contributed by atoms with E-state index in [0.717, 1.165) is 0 Å². The summed E-state index contributed by atoms with van der Waals surface area (Å²) in [6.45, 7) is -2.44. The first kappa shape index (κ1) is 17.6. The Labute approximate surface area is 98.7 Å². The van der Waals surface area contributed by atoms with Crippen molar-refractivity contribution in [2.45, 2.75) is 28.9 Å². The standard InChI is InChI=1S/C6H5F10NS/c7-2(8,1-17)3(9,10)4(11,12)5(13,14)6(15,16)18/h18H,1,17H2. The van der Waals surface area contributed by atoms with Crippen LogP contribution in [0.25, 0.3) is 0 Å². The molecule has 110 valence electrons. The van der Waals surface area contributed by atoms with Crippen LogP contribution in [-0.4, -0.2) is 35.5 Å². The van der Waals surface area contributed by atoms with Crippen LogP contribution in [0.15, 0.2) is 0 Å².